The molecule has 0 spiro atoms. The summed E-state index contributed by atoms with van der Waals surface area (Å²) in [6.45, 7) is 2.14. The molecule has 2 aromatic rings. The molecule has 0 amide bonds. The van der Waals surface area contributed by atoms with Crippen LogP contribution in [0.25, 0.3) is 17.3 Å². The minimum atomic E-state index is -0.236. The minimum absolute atomic E-state index is 0.0704. The van der Waals surface area contributed by atoms with Crippen LogP contribution in [0.4, 0.5) is 0 Å². The topological polar surface area (TPSA) is 67.2 Å². The van der Waals surface area contributed by atoms with Gasteiger partial charge in [-0.3, -0.25) is 14.3 Å². The molecule has 0 unspecified atom stereocenters. The lowest BCUT2D eigenvalue weighted by Gasteiger charge is -2.16. The lowest BCUT2D eigenvalue weighted by atomic mass is 10.1. The highest BCUT2D eigenvalue weighted by atomic mass is 32.1. The predicted octanol–water partition coefficient (Wildman–Crippen LogP) is 2.57. The lowest BCUT2D eigenvalue weighted by molar-refractivity contribution is 0.0475. The molecule has 0 atom stereocenters. The van der Waals surface area contributed by atoms with Crippen molar-refractivity contribution in [1.29, 1.82) is 0 Å². The van der Waals surface area contributed by atoms with Crippen LogP contribution >= 0.6 is 12.2 Å². The normalized spacial score (nSPS) is 11.2. The number of allylic oxidation sites excluding steroid dienone is 1. The molecule has 0 aliphatic carbocycles. The van der Waals surface area contributed by atoms with Crippen LogP contribution in [0.3, 0.4) is 0 Å². The van der Waals surface area contributed by atoms with E-state index in [2.05, 4.69) is 4.98 Å². The number of ether oxygens (including phenoxy) is 1. The molecule has 0 fully saturated rings. The molecule has 116 valence electrons. The van der Waals surface area contributed by atoms with Crippen LogP contribution in [0.5, 0.6) is 0 Å². The maximum atomic E-state index is 12.2. The Morgan fingerprint density at radius 3 is 2.73 bits per heavy atom. The van der Waals surface area contributed by atoms with E-state index in [1.807, 2.05) is 37.3 Å². The van der Waals surface area contributed by atoms with Crippen molar-refractivity contribution in [2.45, 2.75) is 13.7 Å². The van der Waals surface area contributed by atoms with Crippen LogP contribution in [0.2, 0.25) is 0 Å². The quantitative estimate of drug-likeness (QED) is 0.634. The number of rotatable bonds is 6. The Kier molecular flexibility index (Phi) is 5.83. The van der Waals surface area contributed by atoms with E-state index in [-0.39, 0.29) is 30.3 Å². The fourth-order valence-corrected chi connectivity index (χ4v) is 2.40. The van der Waals surface area contributed by atoms with E-state index in [0.29, 0.717) is 11.3 Å². The molecule has 6 heteroatoms. The van der Waals surface area contributed by atoms with Gasteiger partial charge in [0.2, 0.25) is 0 Å². The molecule has 0 aliphatic rings. The zero-order chi connectivity index (χ0) is 15.9. The van der Waals surface area contributed by atoms with Crippen molar-refractivity contribution in [2.24, 2.45) is 0 Å². The summed E-state index contributed by atoms with van der Waals surface area (Å²) in [5.41, 5.74) is 1.86. The monoisotopic (exact) mass is 318 g/mol. The summed E-state index contributed by atoms with van der Waals surface area (Å²) in [7, 11) is 0. The molecule has 5 nitrogen and oxygen atoms in total. The van der Waals surface area contributed by atoms with E-state index in [9.17, 15) is 4.79 Å². The number of aromatic nitrogens is 2. The molecule has 1 aromatic carbocycles. The fraction of sp³-hybridized carbons (Fsp3) is 0.250. The van der Waals surface area contributed by atoms with Gasteiger partial charge in [0.1, 0.15) is 6.73 Å². The third-order valence-electron chi connectivity index (χ3n) is 3.07. The van der Waals surface area contributed by atoms with Gasteiger partial charge in [0, 0.05) is 0 Å². The molecule has 1 heterocycles. The second-order valence-electron chi connectivity index (χ2n) is 4.58. The van der Waals surface area contributed by atoms with Crippen LogP contribution in [0.15, 0.2) is 41.2 Å². The third-order valence-corrected chi connectivity index (χ3v) is 3.39. The van der Waals surface area contributed by atoms with Crippen molar-refractivity contribution in [3.63, 3.8) is 0 Å². The number of nitrogens with one attached hydrogen (secondary N) is 1. The number of aromatic amines is 1. The van der Waals surface area contributed by atoms with Crippen LogP contribution in [-0.2, 0) is 11.5 Å². The summed E-state index contributed by atoms with van der Waals surface area (Å²) in [6, 6.07) is 9.54. The molecular weight excluding hydrogens is 300 g/mol. The summed E-state index contributed by atoms with van der Waals surface area (Å²) in [5, 5.41) is 8.85. The van der Waals surface area contributed by atoms with Gasteiger partial charge in [-0.25, -0.2) is 0 Å². The summed E-state index contributed by atoms with van der Waals surface area (Å²) >= 11 is 5.26. The van der Waals surface area contributed by atoms with Gasteiger partial charge < -0.3 is 9.84 Å². The zero-order valence-electron chi connectivity index (χ0n) is 12.3. The first-order valence-electron chi connectivity index (χ1n) is 6.93. The van der Waals surface area contributed by atoms with Crippen LogP contribution in [0.1, 0.15) is 12.5 Å². The van der Waals surface area contributed by atoms with E-state index in [4.69, 9.17) is 22.1 Å². The average molecular weight is 318 g/mol. The number of hydrogen-bond donors (Lipinski definition) is 2. The number of benzene rings is 1. The Bertz CT molecular complexity index is 763. The van der Waals surface area contributed by atoms with Crippen LogP contribution in [-0.4, -0.2) is 27.9 Å². The summed E-state index contributed by atoms with van der Waals surface area (Å²) in [6.07, 6.45) is 3.55. The Hall–Kier alpha value is -2.02. The van der Waals surface area contributed by atoms with E-state index in [0.717, 1.165) is 5.56 Å². The number of H-pyrrole nitrogens is 1. The lowest BCUT2D eigenvalue weighted by Crippen LogP contribution is -2.20. The maximum Gasteiger partial charge on any atom is 0.259 e. The molecule has 1 aromatic heterocycles. The van der Waals surface area contributed by atoms with Gasteiger partial charge in [0.05, 0.1) is 24.5 Å². The highest BCUT2D eigenvalue weighted by molar-refractivity contribution is 7.71. The molecule has 0 radical (unpaired) electrons. The molecule has 0 bridgehead atoms. The zero-order valence-corrected chi connectivity index (χ0v) is 13.1. The van der Waals surface area contributed by atoms with Crippen LogP contribution in [0, 0.1) is 4.77 Å². The van der Waals surface area contributed by atoms with Gasteiger partial charge in [-0.1, -0.05) is 42.5 Å². The van der Waals surface area contributed by atoms with Gasteiger partial charge in [0.25, 0.3) is 5.56 Å². The van der Waals surface area contributed by atoms with Crippen LogP contribution < -0.4 is 5.56 Å². The van der Waals surface area contributed by atoms with Crippen molar-refractivity contribution >= 4 is 18.3 Å². The first-order valence-corrected chi connectivity index (χ1v) is 7.33. The van der Waals surface area contributed by atoms with E-state index < -0.39 is 0 Å². The number of nitrogens with zero attached hydrogens (tertiary/aromatic N) is 1. The van der Waals surface area contributed by atoms with E-state index >= 15 is 0 Å². The molecule has 22 heavy (non-hydrogen) atoms. The molecular formula is C16H18N2O3S. The standard InChI is InChI=1S/C16H18N2O3S/c1-2-6-13-14(12-7-4-3-5-8-12)18(11-21-10-9-19)16(22)17-15(13)20/h2-8,19H,9-11H2,1H3,(H,17,20,22). The largest absolute Gasteiger partial charge is 0.394 e. The van der Waals surface area contributed by atoms with Gasteiger partial charge in [-0.05, 0) is 24.7 Å². The van der Waals surface area contributed by atoms with Crippen molar-refractivity contribution < 1.29 is 9.84 Å². The molecule has 0 saturated carbocycles. The summed E-state index contributed by atoms with van der Waals surface area (Å²) in [5.74, 6) is 0. The first-order chi connectivity index (χ1) is 10.7. The van der Waals surface area contributed by atoms with E-state index in [1.54, 1.807) is 16.7 Å². The molecule has 0 aliphatic heterocycles. The second-order valence-corrected chi connectivity index (χ2v) is 4.96. The minimum Gasteiger partial charge on any atom is -0.394 e. The van der Waals surface area contributed by atoms with Crippen molar-refractivity contribution in [3.8, 4) is 11.3 Å². The Labute approximate surface area is 133 Å². The first kappa shape index (κ1) is 16.4. The molecule has 2 N–H and O–H groups in total. The summed E-state index contributed by atoms with van der Waals surface area (Å²) < 4.78 is 7.39. The third kappa shape index (κ3) is 3.59. The highest BCUT2D eigenvalue weighted by Gasteiger charge is 2.13. The Morgan fingerprint density at radius 1 is 1.36 bits per heavy atom. The number of aliphatic hydroxyl groups is 1. The smallest absolute Gasteiger partial charge is 0.259 e. The number of aliphatic hydroxyl groups excluding tert-OH is 1. The van der Waals surface area contributed by atoms with Crippen molar-refractivity contribution in [1.82, 2.24) is 9.55 Å². The van der Waals surface area contributed by atoms with Crippen molar-refractivity contribution in [3.05, 3.63) is 57.1 Å². The van der Waals surface area contributed by atoms with Gasteiger partial charge in [0.15, 0.2) is 4.77 Å². The van der Waals surface area contributed by atoms with Gasteiger partial charge in [-0.15, -0.1) is 0 Å². The molecule has 0 saturated heterocycles. The maximum absolute atomic E-state index is 12.2. The average Bonchev–Trinajstić information content (AvgIpc) is 2.52. The number of hydrogen-bond acceptors (Lipinski definition) is 4. The molecule has 2 rings (SSSR count). The fourth-order valence-electron chi connectivity index (χ4n) is 2.16. The second kappa shape index (κ2) is 7.84. The Balaban J connectivity index is 2.68. The van der Waals surface area contributed by atoms with Gasteiger partial charge in [-0.2, -0.15) is 0 Å². The van der Waals surface area contributed by atoms with Gasteiger partial charge >= 0.3 is 0 Å². The SMILES string of the molecule is CC=Cc1c(-c2ccccc2)n(COCCO)c(=S)[nH]c1=O. The highest BCUT2D eigenvalue weighted by Crippen LogP contribution is 2.22. The van der Waals surface area contributed by atoms with Crippen molar-refractivity contribution in [2.75, 3.05) is 13.2 Å². The predicted molar refractivity (Wildman–Crippen MR) is 89.1 cm³/mol. The summed E-state index contributed by atoms with van der Waals surface area (Å²) in [4.78, 5) is 14.9. The Morgan fingerprint density at radius 2 is 2.09 bits per heavy atom. The van der Waals surface area contributed by atoms with E-state index in [1.165, 1.54) is 0 Å².